The number of hydrogen-bond acceptors (Lipinski definition) is 7. The Labute approximate surface area is 150 Å². The predicted molar refractivity (Wildman–Crippen MR) is 89.5 cm³/mol. The van der Waals surface area contributed by atoms with Crippen LogP contribution >= 0.6 is 0 Å². The summed E-state index contributed by atoms with van der Waals surface area (Å²) in [7, 11) is 0. The van der Waals surface area contributed by atoms with Gasteiger partial charge in [-0.1, -0.05) is 13.8 Å². The van der Waals surface area contributed by atoms with Crippen LogP contribution in [0.1, 0.15) is 62.5 Å². The van der Waals surface area contributed by atoms with E-state index < -0.39 is 46.6 Å². The monoisotopic (exact) mass is 364 g/mol. The summed E-state index contributed by atoms with van der Waals surface area (Å²) >= 11 is 0. The Kier molecular flexibility index (Phi) is 3.68. The largest absolute Gasteiger partial charge is 0.458 e. The van der Waals surface area contributed by atoms with Gasteiger partial charge in [-0.2, -0.15) is 0 Å². The lowest BCUT2D eigenvalue weighted by Crippen LogP contribution is -2.60. The number of fused-ring (bicyclic) bond motifs is 2. The third kappa shape index (κ3) is 1.94. The molecule has 3 N–H and O–H groups in total. The fourth-order valence-corrected chi connectivity index (χ4v) is 5.50. The second-order valence-electron chi connectivity index (χ2n) is 8.39. The zero-order chi connectivity index (χ0) is 19.0. The number of hydrogen-bond donors (Lipinski definition) is 3. The summed E-state index contributed by atoms with van der Waals surface area (Å²) in [5, 5.41) is 31.5. The van der Waals surface area contributed by atoms with Gasteiger partial charge in [-0.3, -0.25) is 4.79 Å². The summed E-state index contributed by atoms with van der Waals surface area (Å²) in [4.78, 5) is 24.8. The minimum absolute atomic E-state index is 0.185. The van der Waals surface area contributed by atoms with Gasteiger partial charge in [0, 0.05) is 28.9 Å². The van der Waals surface area contributed by atoms with Gasteiger partial charge in [0.2, 0.25) is 0 Å². The molecule has 142 valence electrons. The molecular weight excluding hydrogens is 340 g/mol. The molecule has 0 unspecified atom stereocenters. The van der Waals surface area contributed by atoms with Gasteiger partial charge in [0.05, 0.1) is 18.1 Å². The Hall–Kier alpha value is -1.70. The molecule has 0 radical (unpaired) electrons. The van der Waals surface area contributed by atoms with E-state index in [4.69, 9.17) is 9.15 Å². The van der Waals surface area contributed by atoms with Crippen LogP contribution in [0.2, 0.25) is 0 Å². The molecule has 7 heteroatoms. The normalized spacial score (nSPS) is 42.0. The summed E-state index contributed by atoms with van der Waals surface area (Å²) in [5.41, 5.74) is -1.51. The molecule has 2 fully saturated rings. The van der Waals surface area contributed by atoms with E-state index in [2.05, 4.69) is 0 Å². The van der Waals surface area contributed by atoms with Crippen LogP contribution in [0.15, 0.2) is 15.3 Å². The maximum atomic E-state index is 12.6. The zero-order valence-corrected chi connectivity index (χ0v) is 15.1. The molecule has 2 heterocycles. The van der Waals surface area contributed by atoms with E-state index in [0.717, 1.165) is 0 Å². The number of carbonyl (C=O) groups is 1. The van der Waals surface area contributed by atoms with E-state index in [-0.39, 0.29) is 18.3 Å². The molecule has 1 saturated heterocycles. The predicted octanol–water partition coefficient (Wildman–Crippen LogP) is 0.743. The topological polar surface area (TPSA) is 117 Å². The van der Waals surface area contributed by atoms with Crippen molar-refractivity contribution in [3.63, 3.8) is 0 Å². The third-order valence-corrected chi connectivity index (χ3v) is 6.94. The molecule has 1 saturated carbocycles. The number of carbonyl (C=O) groups excluding carboxylic acids is 1. The average molecular weight is 364 g/mol. The molecule has 0 bridgehead atoms. The van der Waals surface area contributed by atoms with E-state index in [1.807, 2.05) is 13.8 Å². The van der Waals surface area contributed by atoms with E-state index in [1.165, 1.54) is 6.07 Å². The molecule has 7 nitrogen and oxygen atoms in total. The van der Waals surface area contributed by atoms with Gasteiger partial charge in [-0.05, 0) is 25.3 Å². The van der Waals surface area contributed by atoms with Crippen molar-refractivity contribution in [1.82, 2.24) is 0 Å². The first-order chi connectivity index (χ1) is 12.2. The van der Waals surface area contributed by atoms with Crippen LogP contribution in [-0.2, 0) is 14.9 Å². The van der Waals surface area contributed by atoms with Crippen LogP contribution in [0.3, 0.4) is 0 Å². The van der Waals surface area contributed by atoms with Crippen molar-refractivity contribution in [3.05, 3.63) is 33.4 Å². The summed E-state index contributed by atoms with van der Waals surface area (Å²) in [6, 6.07) is 1.31. The molecule has 2 aliphatic carbocycles. The number of esters is 1. The molecule has 4 rings (SSSR count). The van der Waals surface area contributed by atoms with Crippen molar-refractivity contribution in [2.75, 3.05) is 6.61 Å². The molecule has 1 aromatic rings. The lowest BCUT2D eigenvalue weighted by Gasteiger charge is -2.54. The molecule has 0 spiro atoms. The highest BCUT2D eigenvalue weighted by Crippen LogP contribution is 2.63. The van der Waals surface area contributed by atoms with Crippen LogP contribution in [0, 0.1) is 11.3 Å². The first-order valence-electron chi connectivity index (χ1n) is 9.02. The molecule has 3 aliphatic rings. The van der Waals surface area contributed by atoms with Crippen LogP contribution in [-0.4, -0.2) is 40.1 Å². The van der Waals surface area contributed by atoms with Crippen LogP contribution < -0.4 is 5.63 Å². The molecule has 26 heavy (non-hydrogen) atoms. The number of rotatable bonds is 2. The second-order valence-corrected chi connectivity index (χ2v) is 8.39. The highest BCUT2D eigenvalue weighted by molar-refractivity contribution is 5.81. The average Bonchev–Trinajstić information content (AvgIpc) is 2.88. The summed E-state index contributed by atoms with van der Waals surface area (Å²) in [6.07, 6.45) is -1.92. The fourth-order valence-electron chi connectivity index (χ4n) is 5.50. The number of aliphatic hydroxyl groups is 3. The minimum atomic E-state index is -1.17. The van der Waals surface area contributed by atoms with Gasteiger partial charge in [0.1, 0.15) is 18.0 Å². The second kappa shape index (κ2) is 5.41. The van der Waals surface area contributed by atoms with Gasteiger partial charge >= 0.3 is 11.6 Å². The molecule has 0 amide bonds. The van der Waals surface area contributed by atoms with Crippen LogP contribution in [0.4, 0.5) is 0 Å². The van der Waals surface area contributed by atoms with E-state index in [9.17, 15) is 24.9 Å². The minimum Gasteiger partial charge on any atom is -0.458 e. The third-order valence-electron chi connectivity index (χ3n) is 6.94. The number of ether oxygens (including phenoxy) is 1. The Morgan fingerprint density at radius 2 is 2.00 bits per heavy atom. The molecule has 1 aliphatic heterocycles. The lowest BCUT2D eigenvalue weighted by atomic mass is 9.48. The highest BCUT2D eigenvalue weighted by atomic mass is 16.6. The standard InChI is InChI=1S/C19H24O7/c1-8(7-20)14-12-9(6-11(22)25-14)19(3)10(21)4-5-18(2)16(19)15(13(12)23)26-17(18)24/h6,8,10,13,15-16,20-21,23H,4-5,7H2,1-3H3/t8-,10+,13+,15-,16+,18+,19+/m0/s1. The number of aliphatic hydroxyl groups excluding tert-OH is 3. The van der Waals surface area contributed by atoms with Crippen molar-refractivity contribution in [2.24, 2.45) is 11.3 Å². The van der Waals surface area contributed by atoms with Gasteiger partial charge in [0.25, 0.3) is 0 Å². The maximum absolute atomic E-state index is 12.6. The van der Waals surface area contributed by atoms with E-state index in [0.29, 0.717) is 24.0 Å². The molecule has 0 aromatic carbocycles. The van der Waals surface area contributed by atoms with E-state index >= 15 is 0 Å². The molecule has 1 aromatic heterocycles. The maximum Gasteiger partial charge on any atom is 0.336 e. The van der Waals surface area contributed by atoms with Crippen molar-refractivity contribution >= 4 is 5.97 Å². The Morgan fingerprint density at radius 1 is 1.31 bits per heavy atom. The van der Waals surface area contributed by atoms with Gasteiger partial charge in [-0.25, -0.2) is 4.79 Å². The Morgan fingerprint density at radius 3 is 2.65 bits per heavy atom. The fraction of sp³-hybridized carbons (Fsp3) is 0.684. The summed E-state index contributed by atoms with van der Waals surface area (Å²) in [5.74, 6) is -1.16. The lowest BCUT2D eigenvalue weighted by molar-refractivity contribution is -0.151. The van der Waals surface area contributed by atoms with E-state index in [1.54, 1.807) is 6.92 Å². The SMILES string of the molecule is C[C@@H](CO)c1oc(=O)cc2c1[C@@H](O)[C@@H]1OC(=O)[C@]3(C)CC[C@@H](O)[C@]2(C)[C@H]13. The van der Waals surface area contributed by atoms with Crippen LogP contribution in [0.25, 0.3) is 0 Å². The van der Waals surface area contributed by atoms with Crippen molar-refractivity contribution < 1.29 is 29.3 Å². The van der Waals surface area contributed by atoms with Gasteiger partial charge < -0.3 is 24.5 Å². The van der Waals surface area contributed by atoms with Crippen LogP contribution in [0.5, 0.6) is 0 Å². The van der Waals surface area contributed by atoms with Gasteiger partial charge in [-0.15, -0.1) is 0 Å². The smallest absolute Gasteiger partial charge is 0.336 e. The quantitative estimate of drug-likeness (QED) is 0.663. The Balaban J connectivity index is 2.05. The molecule has 7 atom stereocenters. The molecular formula is C19H24O7. The first-order valence-corrected chi connectivity index (χ1v) is 9.02. The first kappa shape index (κ1) is 17.7. The van der Waals surface area contributed by atoms with Crippen molar-refractivity contribution in [3.8, 4) is 0 Å². The summed E-state index contributed by atoms with van der Waals surface area (Å²) in [6.45, 7) is 5.05. The highest BCUT2D eigenvalue weighted by Gasteiger charge is 2.69. The van der Waals surface area contributed by atoms with Crippen molar-refractivity contribution in [2.45, 2.75) is 63.3 Å². The zero-order valence-electron chi connectivity index (χ0n) is 15.1. The van der Waals surface area contributed by atoms with Gasteiger partial charge in [0.15, 0.2) is 0 Å². The summed E-state index contributed by atoms with van der Waals surface area (Å²) < 4.78 is 10.9. The van der Waals surface area contributed by atoms with Crippen molar-refractivity contribution in [1.29, 1.82) is 0 Å². The Bertz CT molecular complexity index is 830.